The monoisotopic (exact) mass is 342 g/mol. The van der Waals surface area contributed by atoms with E-state index in [9.17, 15) is 9.59 Å². The van der Waals surface area contributed by atoms with E-state index in [1.807, 2.05) is 18.2 Å². The fraction of sp³-hybridized carbons (Fsp3) is 0.368. The van der Waals surface area contributed by atoms with Gasteiger partial charge < -0.3 is 14.5 Å². The van der Waals surface area contributed by atoms with Crippen LogP contribution in [-0.4, -0.2) is 25.0 Å². The molecule has 2 amide bonds. The molecule has 1 aromatic heterocycles. The van der Waals surface area contributed by atoms with E-state index in [0.717, 1.165) is 5.56 Å². The number of carbonyl (C=O) groups is 2. The van der Waals surface area contributed by atoms with E-state index >= 15 is 0 Å². The van der Waals surface area contributed by atoms with Crippen molar-refractivity contribution in [3.05, 3.63) is 47.9 Å². The predicted octanol–water partition coefficient (Wildman–Crippen LogP) is 2.62. The summed E-state index contributed by atoms with van der Waals surface area (Å²) in [6, 6.07) is 9.29. The number of hydrogen-bond acceptors (Lipinski definition) is 4. The lowest BCUT2D eigenvalue weighted by Crippen LogP contribution is -2.45. The molecular formula is C19H22N2O4. The first-order valence-corrected chi connectivity index (χ1v) is 8.21. The molecule has 132 valence electrons. The number of ether oxygens (including phenoxy) is 1. The van der Waals surface area contributed by atoms with Crippen LogP contribution in [0.5, 0.6) is 5.75 Å². The van der Waals surface area contributed by atoms with Gasteiger partial charge in [0.25, 0.3) is 5.91 Å². The second kappa shape index (κ2) is 6.63. The van der Waals surface area contributed by atoms with Gasteiger partial charge in [-0.15, -0.1) is 0 Å². The van der Waals surface area contributed by atoms with Crippen LogP contribution in [-0.2, 0) is 21.5 Å². The molecule has 6 nitrogen and oxygen atoms in total. The molecule has 1 aromatic carbocycles. The summed E-state index contributed by atoms with van der Waals surface area (Å²) in [6.07, 6.45) is 1.55. The van der Waals surface area contributed by atoms with Crippen molar-refractivity contribution in [3.8, 4) is 5.75 Å². The van der Waals surface area contributed by atoms with E-state index in [1.54, 1.807) is 18.4 Å². The summed E-state index contributed by atoms with van der Waals surface area (Å²) < 4.78 is 10.7. The largest absolute Gasteiger partial charge is 0.482 e. The molecule has 25 heavy (non-hydrogen) atoms. The van der Waals surface area contributed by atoms with Crippen molar-refractivity contribution in [1.82, 2.24) is 5.32 Å². The van der Waals surface area contributed by atoms with Gasteiger partial charge in [-0.05, 0) is 35.2 Å². The summed E-state index contributed by atoms with van der Waals surface area (Å²) >= 11 is 0. The topological polar surface area (TPSA) is 71.8 Å². The van der Waals surface area contributed by atoms with Gasteiger partial charge in [-0.1, -0.05) is 26.8 Å². The first-order valence-electron chi connectivity index (χ1n) is 8.21. The van der Waals surface area contributed by atoms with Crippen LogP contribution in [0.15, 0.2) is 41.0 Å². The molecule has 0 spiro atoms. The van der Waals surface area contributed by atoms with Crippen LogP contribution >= 0.6 is 0 Å². The van der Waals surface area contributed by atoms with E-state index in [2.05, 4.69) is 26.1 Å². The second-order valence-electron chi connectivity index (χ2n) is 7.06. The minimum absolute atomic E-state index is 0.0227. The van der Waals surface area contributed by atoms with E-state index in [4.69, 9.17) is 9.15 Å². The van der Waals surface area contributed by atoms with Crippen molar-refractivity contribution in [2.45, 2.75) is 32.7 Å². The first-order chi connectivity index (χ1) is 11.8. The molecule has 0 fully saturated rings. The summed E-state index contributed by atoms with van der Waals surface area (Å²) in [7, 11) is 0. The number of anilines is 1. The maximum absolute atomic E-state index is 12.2. The molecule has 0 saturated carbocycles. The Morgan fingerprint density at radius 2 is 2.08 bits per heavy atom. The minimum Gasteiger partial charge on any atom is -0.482 e. The van der Waals surface area contributed by atoms with Crippen LogP contribution in [0.2, 0.25) is 0 Å². The highest BCUT2D eigenvalue weighted by Crippen LogP contribution is 2.36. The Hall–Kier alpha value is -2.76. The maximum atomic E-state index is 12.2. The fourth-order valence-electron chi connectivity index (χ4n) is 2.64. The number of nitrogens with one attached hydrogen (secondary N) is 1. The maximum Gasteiger partial charge on any atom is 0.265 e. The van der Waals surface area contributed by atoms with Crippen molar-refractivity contribution in [2.75, 3.05) is 18.1 Å². The second-order valence-corrected chi connectivity index (χ2v) is 7.06. The molecule has 1 aliphatic heterocycles. The third kappa shape index (κ3) is 3.84. The summed E-state index contributed by atoms with van der Waals surface area (Å²) in [6.45, 7) is 6.52. The standard InChI is InChI=1S/C19H22N2O4/c1-19(2,3)13-6-7-15-16(9-13)25-12-18(23)21(15)11-17(22)20-10-14-5-4-8-24-14/h4-9H,10-12H2,1-3H3,(H,20,22). The highest BCUT2D eigenvalue weighted by atomic mass is 16.5. The Morgan fingerprint density at radius 3 is 2.76 bits per heavy atom. The van der Waals surface area contributed by atoms with E-state index in [1.165, 1.54) is 4.90 Å². The Labute approximate surface area is 146 Å². The summed E-state index contributed by atoms with van der Waals surface area (Å²) in [5, 5.41) is 2.75. The van der Waals surface area contributed by atoms with Gasteiger partial charge in [0.05, 0.1) is 18.5 Å². The normalized spacial score (nSPS) is 14.0. The SMILES string of the molecule is CC(C)(C)c1ccc2c(c1)OCC(=O)N2CC(=O)NCc1ccco1. The molecule has 1 aliphatic rings. The third-order valence-corrected chi connectivity index (χ3v) is 4.11. The van der Waals surface area contributed by atoms with Gasteiger partial charge >= 0.3 is 0 Å². The van der Waals surface area contributed by atoms with Crippen molar-refractivity contribution in [2.24, 2.45) is 0 Å². The van der Waals surface area contributed by atoms with Crippen molar-refractivity contribution < 1.29 is 18.7 Å². The number of amides is 2. The van der Waals surface area contributed by atoms with Crippen molar-refractivity contribution in [3.63, 3.8) is 0 Å². The Bertz CT molecular complexity index is 775. The molecule has 0 aliphatic carbocycles. The zero-order valence-electron chi connectivity index (χ0n) is 14.7. The zero-order chi connectivity index (χ0) is 18.0. The number of hydrogen-bond donors (Lipinski definition) is 1. The fourth-order valence-corrected chi connectivity index (χ4v) is 2.64. The lowest BCUT2D eigenvalue weighted by atomic mass is 9.86. The van der Waals surface area contributed by atoms with Crippen LogP contribution in [0.4, 0.5) is 5.69 Å². The van der Waals surface area contributed by atoms with Crippen LogP contribution in [0.25, 0.3) is 0 Å². The van der Waals surface area contributed by atoms with Gasteiger partial charge in [-0.25, -0.2) is 0 Å². The van der Waals surface area contributed by atoms with Crippen LogP contribution in [0, 0.1) is 0 Å². The molecular weight excluding hydrogens is 320 g/mol. The van der Waals surface area contributed by atoms with E-state index < -0.39 is 0 Å². The first kappa shape index (κ1) is 17.1. The van der Waals surface area contributed by atoms with Gasteiger partial charge in [0.15, 0.2) is 6.61 Å². The molecule has 0 bridgehead atoms. The molecule has 6 heteroatoms. The molecule has 2 aromatic rings. The highest BCUT2D eigenvalue weighted by molar-refractivity contribution is 6.02. The number of furan rings is 1. The predicted molar refractivity (Wildman–Crippen MR) is 93.5 cm³/mol. The van der Waals surface area contributed by atoms with Gasteiger partial charge in [-0.3, -0.25) is 14.5 Å². The van der Waals surface area contributed by atoms with Crippen molar-refractivity contribution >= 4 is 17.5 Å². The summed E-state index contributed by atoms with van der Waals surface area (Å²) in [5.41, 5.74) is 1.71. The molecule has 0 radical (unpaired) electrons. The van der Waals surface area contributed by atoms with Gasteiger partial charge in [0.1, 0.15) is 18.1 Å². The van der Waals surface area contributed by atoms with Crippen LogP contribution in [0.1, 0.15) is 32.1 Å². The summed E-state index contributed by atoms with van der Waals surface area (Å²) in [4.78, 5) is 25.9. The zero-order valence-corrected chi connectivity index (χ0v) is 14.7. The van der Waals surface area contributed by atoms with Gasteiger partial charge in [0, 0.05) is 0 Å². The highest BCUT2D eigenvalue weighted by Gasteiger charge is 2.28. The molecule has 3 rings (SSSR count). The van der Waals surface area contributed by atoms with Gasteiger partial charge in [0.2, 0.25) is 5.91 Å². The molecule has 1 N–H and O–H groups in total. The average Bonchev–Trinajstić information content (AvgIpc) is 3.08. The molecule has 0 atom stereocenters. The lowest BCUT2D eigenvalue weighted by Gasteiger charge is -2.30. The Kier molecular flexibility index (Phi) is 4.53. The third-order valence-electron chi connectivity index (χ3n) is 4.11. The Balaban J connectivity index is 1.73. The number of carbonyl (C=O) groups excluding carboxylic acids is 2. The average molecular weight is 342 g/mol. The summed E-state index contributed by atoms with van der Waals surface area (Å²) in [5.74, 6) is 0.810. The Morgan fingerprint density at radius 1 is 1.28 bits per heavy atom. The van der Waals surface area contributed by atoms with Crippen LogP contribution in [0.3, 0.4) is 0 Å². The lowest BCUT2D eigenvalue weighted by molar-refractivity contribution is -0.125. The number of rotatable bonds is 4. The molecule has 0 unspecified atom stereocenters. The minimum atomic E-state index is -0.252. The smallest absolute Gasteiger partial charge is 0.265 e. The van der Waals surface area contributed by atoms with Crippen molar-refractivity contribution in [1.29, 1.82) is 0 Å². The van der Waals surface area contributed by atoms with Crippen LogP contribution < -0.4 is 15.0 Å². The van der Waals surface area contributed by atoms with Gasteiger partial charge in [-0.2, -0.15) is 0 Å². The molecule has 2 heterocycles. The van der Waals surface area contributed by atoms with E-state index in [0.29, 0.717) is 23.7 Å². The molecule has 0 saturated heterocycles. The van der Waals surface area contributed by atoms with E-state index in [-0.39, 0.29) is 30.4 Å². The number of nitrogens with zero attached hydrogens (tertiary/aromatic N) is 1. The number of benzene rings is 1. The quantitative estimate of drug-likeness (QED) is 0.927. The number of fused-ring (bicyclic) bond motifs is 1.